The van der Waals surface area contributed by atoms with E-state index in [9.17, 15) is 0 Å². The SMILES string of the molecule is CCOCCOC(c1cccc(C)n1)n1cnc2ccccc21. The van der Waals surface area contributed by atoms with Crippen molar-refractivity contribution in [2.24, 2.45) is 0 Å². The molecule has 5 nitrogen and oxygen atoms in total. The molecule has 23 heavy (non-hydrogen) atoms. The van der Waals surface area contributed by atoms with Crippen LogP contribution in [0.4, 0.5) is 0 Å². The van der Waals surface area contributed by atoms with Gasteiger partial charge in [-0.3, -0.25) is 9.55 Å². The van der Waals surface area contributed by atoms with E-state index in [4.69, 9.17) is 9.47 Å². The van der Waals surface area contributed by atoms with Crippen LogP contribution in [0.15, 0.2) is 48.8 Å². The maximum Gasteiger partial charge on any atom is 0.178 e. The van der Waals surface area contributed by atoms with Crippen LogP contribution in [0.2, 0.25) is 0 Å². The lowest BCUT2D eigenvalue weighted by atomic mass is 10.2. The fourth-order valence-corrected chi connectivity index (χ4v) is 2.54. The normalized spacial score (nSPS) is 12.6. The van der Waals surface area contributed by atoms with Gasteiger partial charge in [0.1, 0.15) is 0 Å². The van der Waals surface area contributed by atoms with E-state index >= 15 is 0 Å². The third-order valence-corrected chi connectivity index (χ3v) is 3.60. The molecule has 1 atom stereocenters. The zero-order valence-corrected chi connectivity index (χ0v) is 13.5. The fourth-order valence-electron chi connectivity index (χ4n) is 2.54. The highest BCUT2D eigenvalue weighted by molar-refractivity contribution is 5.75. The first-order valence-corrected chi connectivity index (χ1v) is 7.84. The second kappa shape index (κ2) is 7.35. The number of benzene rings is 1. The average Bonchev–Trinajstić information content (AvgIpc) is 2.99. The Kier molecular flexibility index (Phi) is 5.00. The Balaban J connectivity index is 1.94. The molecule has 1 aromatic carbocycles. The summed E-state index contributed by atoms with van der Waals surface area (Å²) in [5.74, 6) is 0. The molecule has 3 aromatic rings. The van der Waals surface area contributed by atoms with Gasteiger partial charge in [-0.15, -0.1) is 0 Å². The van der Waals surface area contributed by atoms with Crippen LogP contribution in [0, 0.1) is 6.92 Å². The molecule has 0 fully saturated rings. The molecule has 5 heteroatoms. The number of para-hydroxylation sites is 2. The van der Waals surface area contributed by atoms with Crippen LogP contribution >= 0.6 is 0 Å². The van der Waals surface area contributed by atoms with E-state index in [2.05, 4.69) is 9.97 Å². The first-order chi connectivity index (χ1) is 11.3. The quantitative estimate of drug-likeness (QED) is 0.628. The lowest BCUT2D eigenvalue weighted by Gasteiger charge is -2.20. The van der Waals surface area contributed by atoms with Crippen LogP contribution in [0.1, 0.15) is 24.5 Å². The minimum absolute atomic E-state index is 0.317. The lowest BCUT2D eigenvalue weighted by molar-refractivity contribution is -0.00728. The maximum absolute atomic E-state index is 6.07. The maximum atomic E-state index is 6.07. The Morgan fingerprint density at radius 2 is 1.96 bits per heavy atom. The van der Waals surface area contributed by atoms with Crippen molar-refractivity contribution in [1.29, 1.82) is 0 Å². The summed E-state index contributed by atoms with van der Waals surface area (Å²) < 4.78 is 13.5. The van der Waals surface area contributed by atoms with E-state index < -0.39 is 0 Å². The first-order valence-electron chi connectivity index (χ1n) is 7.84. The van der Waals surface area contributed by atoms with E-state index in [0.717, 1.165) is 22.4 Å². The number of pyridine rings is 1. The summed E-state index contributed by atoms with van der Waals surface area (Å²) in [5, 5.41) is 0. The number of fused-ring (bicyclic) bond motifs is 1. The minimum Gasteiger partial charge on any atom is -0.379 e. The van der Waals surface area contributed by atoms with Gasteiger partial charge in [0.05, 0.1) is 36.3 Å². The van der Waals surface area contributed by atoms with Gasteiger partial charge in [-0.1, -0.05) is 18.2 Å². The minimum atomic E-state index is -0.317. The molecule has 0 amide bonds. The fraction of sp³-hybridized carbons (Fsp3) is 0.333. The van der Waals surface area contributed by atoms with Gasteiger partial charge >= 0.3 is 0 Å². The third kappa shape index (κ3) is 3.57. The number of rotatable bonds is 7. The Labute approximate surface area is 135 Å². The summed E-state index contributed by atoms with van der Waals surface area (Å²) in [7, 11) is 0. The largest absolute Gasteiger partial charge is 0.379 e. The molecule has 0 aliphatic carbocycles. The van der Waals surface area contributed by atoms with Crippen molar-refractivity contribution in [1.82, 2.24) is 14.5 Å². The molecule has 0 bridgehead atoms. The second-order valence-corrected chi connectivity index (χ2v) is 5.26. The zero-order chi connectivity index (χ0) is 16.1. The molecule has 0 spiro atoms. The van der Waals surface area contributed by atoms with Crippen molar-refractivity contribution in [2.45, 2.75) is 20.1 Å². The van der Waals surface area contributed by atoms with Gasteiger partial charge in [0.25, 0.3) is 0 Å². The van der Waals surface area contributed by atoms with E-state index in [0.29, 0.717) is 19.8 Å². The van der Waals surface area contributed by atoms with Gasteiger partial charge in [0.2, 0.25) is 0 Å². The predicted molar refractivity (Wildman–Crippen MR) is 89.3 cm³/mol. The summed E-state index contributed by atoms with van der Waals surface area (Å²) in [6.07, 6.45) is 1.49. The first kappa shape index (κ1) is 15.6. The highest BCUT2D eigenvalue weighted by Crippen LogP contribution is 2.23. The van der Waals surface area contributed by atoms with Crippen LogP contribution in [0.25, 0.3) is 11.0 Å². The molecule has 0 N–H and O–H groups in total. The number of aryl methyl sites for hydroxylation is 1. The monoisotopic (exact) mass is 311 g/mol. The van der Waals surface area contributed by atoms with E-state index in [1.807, 2.05) is 60.9 Å². The number of hydrogen-bond acceptors (Lipinski definition) is 4. The van der Waals surface area contributed by atoms with Crippen molar-refractivity contribution >= 4 is 11.0 Å². The Hall–Kier alpha value is -2.24. The van der Waals surface area contributed by atoms with Crippen molar-refractivity contribution in [3.05, 3.63) is 60.2 Å². The highest BCUT2D eigenvalue weighted by Gasteiger charge is 2.18. The summed E-state index contributed by atoms with van der Waals surface area (Å²) in [4.78, 5) is 9.08. The third-order valence-electron chi connectivity index (χ3n) is 3.60. The Morgan fingerprint density at radius 3 is 2.78 bits per heavy atom. The van der Waals surface area contributed by atoms with Crippen LogP contribution in [0.5, 0.6) is 0 Å². The second-order valence-electron chi connectivity index (χ2n) is 5.26. The lowest BCUT2D eigenvalue weighted by Crippen LogP contribution is -2.18. The number of imidazole rings is 1. The van der Waals surface area contributed by atoms with Gasteiger partial charge in [0, 0.05) is 12.3 Å². The molecule has 0 aliphatic rings. The topological polar surface area (TPSA) is 49.2 Å². The molecule has 2 heterocycles. The van der Waals surface area contributed by atoms with Crippen LogP contribution in [-0.4, -0.2) is 34.4 Å². The number of ether oxygens (including phenoxy) is 2. The molecule has 0 radical (unpaired) electrons. The highest BCUT2D eigenvalue weighted by atomic mass is 16.5. The Bertz CT molecular complexity index is 770. The summed E-state index contributed by atoms with van der Waals surface area (Å²) >= 11 is 0. The molecule has 1 unspecified atom stereocenters. The van der Waals surface area contributed by atoms with Gasteiger partial charge in [0.15, 0.2) is 6.23 Å². The van der Waals surface area contributed by atoms with Crippen LogP contribution in [0.3, 0.4) is 0 Å². The van der Waals surface area contributed by atoms with Crippen LogP contribution < -0.4 is 0 Å². The molecular formula is C18H21N3O2. The van der Waals surface area contributed by atoms with Gasteiger partial charge in [-0.2, -0.15) is 0 Å². The Morgan fingerprint density at radius 1 is 1.09 bits per heavy atom. The summed E-state index contributed by atoms with van der Waals surface area (Å²) in [6.45, 7) is 5.70. The molecule has 3 rings (SSSR count). The van der Waals surface area contributed by atoms with E-state index in [1.165, 1.54) is 0 Å². The molecule has 0 saturated heterocycles. The summed E-state index contributed by atoms with van der Waals surface area (Å²) in [6, 6.07) is 14.0. The standard InChI is InChI=1S/C18H21N3O2/c1-3-22-11-12-23-18(16-9-6-7-14(2)20-16)21-13-19-15-8-4-5-10-17(15)21/h4-10,13,18H,3,11-12H2,1-2H3. The van der Waals surface area contributed by atoms with E-state index in [-0.39, 0.29) is 6.23 Å². The van der Waals surface area contributed by atoms with Crippen molar-refractivity contribution in [2.75, 3.05) is 19.8 Å². The molecule has 0 aliphatic heterocycles. The summed E-state index contributed by atoms with van der Waals surface area (Å²) in [5.41, 5.74) is 3.80. The van der Waals surface area contributed by atoms with Crippen molar-refractivity contribution in [3.63, 3.8) is 0 Å². The number of nitrogens with zero attached hydrogens (tertiary/aromatic N) is 3. The smallest absolute Gasteiger partial charge is 0.178 e. The van der Waals surface area contributed by atoms with E-state index in [1.54, 1.807) is 6.33 Å². The van der Waals surface area contributed by atoms with Crippen molar-refractivity contribution in [3.8, 4) is 0 Å². The number of aromatic nitrogens is 3. The van der Waals surface area contributed by atoms with Crippen LogP contribution in [-0.2, 0) is 9.47 Å². The number of hydrogen-bond donors (Lipinski definition) is 0. The molecular weight excluding hydrogens is 290 g/mol. The van der Waals surface area contributed by atoms with Gasteiger partial charge < -0.3 is 9.47 Å². The van der Waals surface area contributed by atoms with Crippen molar-refractivity contribution < 1.29 is 9.47 Å². The molecule has 120 valence electrons. The predicted octanol–water partition coefficient (Wildman–Crippen LogP) is 3.34. The van der Waals surface area contributed by atoms with Gasteiger partial charge in [-0.05, 0) is 38.1 Å². The molecule has 2 aromatic heterocycles. The zero-order valence-electron chi connectivity index (χ0n) is 13.5. The average molecular weight is 311 g/mol. The molecule has 0 saturated carbocycles. The van der Waals surface area contributed by atoms with Gasteiger partial charge in [-0.25, -0.2) is 4.98 Å².